The van der Waals surface area contributed by atoms with Crippen LogP contribution in [0, 0.1) is 0 Å². The summed E-state index contributed by atoms with van der Waals surface area (Å²) in [7, 11) is 1.84. The summed E-state index contributed by atoms with van der Waals surface area (Å²) in [4.78, 5) is 47.7. The third kappa shape index (κ3) is 20.6. The van der Waals surface area contributed by atoms with Crippen LogP contribution in [0.5, 0.6) is 0 Å². The molecule has 0 unspecified atom stereocenters. The van der Waals surface area contributed by atoms with E-state index in [9.17, 15) is 19.2 Å². The van der Waals surface area contributed by atoms with Crippen LogP contribution in [0.3, 0.4) is 0 Å². The molecule has 206 valence electrons. The number of hydrogen-bond acceptors (Lipinski definition) is 11. The lowest BCUT2D eigenvalue weighted by Gasteiger charge is -2.16. The highest BCUT2D eigenvalue weighted by atomic mass is 16.6. The fraction of sp³-hybridized carbons (Fsp3) is 0.680. The standard InChI is InChI=1S/C25H41NO10/c1-20(2)24(29)35-18-16-31-12-6-8-22(27)33-14-10-26(5)11-15-34-23(28)9-7-13-32-17-19-36-25(30)21(3)4/h1,3,6-19H2,2,4-5H3. The highest BCUT2D eigenvalue weighted by Gasteiger charge is 2.08. The smallest absolute Gasteiger partial charge is 0.333 e. The fourth-order valence-corrected chi connectivity index (χ4v) is 2.36. The van der Waals surface area contributed by atoms with Crippen molar-refractivity contribution in [2.45, 2.75) is 39.5 Å². The summed E-state index contributed by atoms with van der Waals surface area (Å²) in [6, 6.07) is 0. The van der Waals surface area contributed by atoms with Crippen molar-refractivity contribution in [2.24, 2.45) is 0 Å². The van der Waals surface area contributed by atoms with E-state index in [-0.39, 0.29) is 64.4 Å². The summed E-state index contributed by atoms with van der Waals surface area (Å²) in [6.07, 6.45) is 1.48. The average Bonchev–Trinajstić information content (AvgIpc) is 2.82. The Kier molecular flexibility index (Phi) is 19.9. The minimum atomic E-state index is -0.454. The molecular formula is C25H41NO10. The summed E-state index contributed by atoms with van der Waals surface area (Å²) in [5.41, 5.74) is 0.667. The second kappa shape index (κ2) is 21.5. The molecule has 36 heavy (non-hydrogen) atoms. The van der Waals surface area contributed by atoms with E-state index >= 15 is 0 Å². The Hall–Kier alpha value is -2.76. The van der Waals surface area contributed by atoms with Crippen LogP contribution in [0.25, 0.3) is 0 Å². The van der Waals surface area contributed by atoms with Gasteiger partial charge >= 0.3 is 23.9 Å². The van der Waals surface area contributed by atoms with Gasteiger partial charge in [-0.05, 0) is 33.7 Å². The summed E-state index contributed by atoms with van der Waals surface area (Å²) in [5.74, 6) is -1.54. The molecule has 0 atom stereocenters. The Morgan fingerprint density at radius 3 is 1.33 bits per heavy atom. The zero-order chi connectivity index (χ0) is 27.2. The molecule has 0 aliphatic rings. The average molecular weight is 516 g/mol. The summed E-state index contributed by atoms with van der Waals surface area (Å²) < 4.78 is 30.7. The minimum Gasteiger partial charge on any atom is -0.464 e. The van der Waals surface area contributed by atoms with E-state index in [1.54, 1.807) is 13.8 Å². The molecular weight excluding hydrogens is 474 g/mol. The van der Waals surface area contributed by atoms with Gasteiger partial charge < -0.3 is 28.4 Å². The first-order chi connectivity index (χ1) is 17.1. The number of carbonyl (C=O) groups is 4. The van der Waals surface area contributed by atoms with E-state index in [2.05, 4.69) is 13.2 Å². The van der Waals surface area contributed by atoms with Crippen LogP contribution < -0.4 is 0 Å². The van der Waals surface area contributed by atoms with Gasteiger partial charge in [-0.1, -0.05) is 13.2 Å². The number of likely N-dealkylation sites (N-methyl/N-ethyl adjacent to an activating group) is 1. The van der Waals surface area contributed by atoms with Gasteiger partial charge in [0.25, 0.3) is 0 Å². The van der Waals surface area contributed by atoms with E-state index in [1.807, 2.05) is 11.9 Å². The lowest BCUT2D eigenvalue weighted by atomic mass is 10.3. The highest BCUT2D eigenvalue weighted by molar-refractivity contribution is 5.87. The maximum absolute atomic E-state index is 11.7. The van der Waals surface area contributed by atoms with Gasteiger partial charge in [-0.2, -0.15) is 0 Å². The van der Waals surface area contributed by atoms with Crippen LogP contribution >= 0.6 is 0 Å². The van der Waals surface area contributed by atoms with Crippen molar-refractivity contribution in [1.82, 2.24) is 4.90 Å². The third-order valence-electron chi connectivity index (χ3n) is 4.43. The van der Waals surface area contributed by atoms with Crippen molar-refractivity contribution < 1.29 is 47.6 Å². The van der Waals surface area contributed by atoms with Crippen molar-refractivity contribution in [2.75, 3.05) is 73.0 Å². The zero-order valence-corrected chi connectivity index (χ0v) is 21.8. The lowest BCUT2D eigenvalue weighted by Crippen LogP contribution is -2.28. The number of esters is 4. The van der Waals surface area contributed by atoms with Gasteiger partial charge in [0.05, 0.1) is 13.2 Å². The molecule has 11 nitrogen and oxygen atoms in total. The van der Waals surface area contributed by atoms with E-state index < -0.39 is 11.9 Å². The molecule has 0 aliphatic heterocycles. The molecule has 11 heteroatoms. The van der Waals surface area contributed by atoms with Crippen LogP contribution in [0.2, 0.25) is 0 Å². The van der Waals surface area contributed by atoms with Gasteiger partial charge in [-0.25, -0.2) is 9.59 Å². The van der Waals surface area contributed by atoms with Gasteiger partial charge in [0.2, 0.25) is 0 Å². The molecule has 0 spiro atoms. The van der Waals surface area contributed by atoms with Gasteiger partial charge in [0.1, 0.15) is 26.4 Å². The predicted molar refractivity (Wildman–Crippen MR) is 131 cm³/mol. The van der Waals surface area contributed by atoms with Crippen LogP contribution in [0.1, 0.15) is 39.5 Å². The SMILES string of the molecule is C=C(C)C(=O)OCCOCCCC(=O)OCCN(C)CCOC(=O)CCCOCCOC(=O)C(=C)C. The molecule has 0 aromatic rings. The van der Waals surface area contributed by atoms with E-state index in [1.165, 1.54) is 0 Å². The number of nitrogens with zero attached hydrogens (tertiary/aromatic N) is 1. The second-order valence-corrected chi connectivity index (χ2v) is 8.01. The normalized spacial score (nSPS) is 10.6. The fourth-order valence-electron chi connectivity index (χ4n) is 2.36. The number of ether oxygens (including phenoxy) is 6. The van der Waals surface area contributed by atoms with E-state index in [0.717, 1.165) is 0 Å². The van der Waals surface area contributed by atoms with Gasteiger partial charge in [-0.3, -0.25) is 14.5 Å². The maximum atomic E-state index is 11.7. The first-order valence-corrected chi connectivity index (χ1v) is 11.9. The molecule has 0 amide bonds. The first-order valence-electron chi connectivity index (χ1n) is 11.9. The molecule has 0 saturated carbocycles. The van der Waals surface area contributed by atoms with Crippen molar-refractivity contribution in [1.29, 1.82) is 0 Å². The zero-order valence-electron chi connectivity index (χ0n) is 21.8. The molecule has 0 aromatic carbocycles. The van der Waals surface area contributed by atoms with E-state index in [0.29, 0.717) is 50.3 Å². The maximum Gasteiger partial charge on any atom is 0.333 e. The Morgan fingerprint density at radius 1 is 0.583 bits per heavy atom. The van der Waals surface area contributed by atoms with Crippen molar-refractivity contribution in [3.63, 3.8) is 0 Å². The summed E-state index contributed by atoms with van der Waals surface area (Å²) >= 11 is 0. The number of rotatable bonds is 22. The molecule has 0 aromatic heterocycles. The quantitative estimate of drug-likeness (QED) is 0.0907. The molecule has 0 aliphatic carbocycles. The third-order valence-corrected chi connectivity index (χ3v) is 4.43. The molecule has 0 heterocycles. The molecule has 0 N–H and O–H groups in total. The largest absolute Gasteiger partial charge is 0.464 e. The van der Waals surface area contributed by atoms with Crippen molar-refractivity contribution >= 4 is 23.9 Å². The van der Waals surface area contributed by atoms with Crippen LogP contribution in [0.4, 0.5) is 0 Å². The van der Waals surface area contributed by atoms with Gasteiger partial charge in [-0.15, -0.1) is 0 Å². The van der Waals surface area contributed by atoms with Crippen LogP contribution in [-0.4, -0.2) is 102 Å². The Bertz CT molecular complexity index is 649. The summed E-state index contributed by atoms with van der Waals surface area (Å²) in [6.45, 7) is 13.1. The minimum absolute atomic E-state index is 0.141. The molecule has 0 rings (SSSR count). The molecule has 0 bridgehead atoms. The predicted octanol–water partition coefficient (Wildman–Crippen LogP) is 1.84. The topological polar surface area (TPSA) is 127 Å². The Labute approximate surface area is 213 Å². The highest BCUT2D eigenvalue weighted by Crippen LogP contribution is 1.98. The second-order valence-electron chi connectivity index (χ2n) is 8.01. The van der Waals surface area contributed by atoms with Crippen molar-refractivity contribution in [3.05, 3.63) is 24.3 Å². The Balaban J connectivity index is 3.54. The number of carbonyl (C=O) groups excluding carboxylic acids is 4. The molecule has 0 fully saturated rings. The van der Waals surface area contributed by atoms with Crippen molar-refractivity contribution in [3.8, 4) is 0 Å². The first kappa shape index (κ1) is 33.2. The van der Waals surface area contributed by atoms with Gasteiger partial charge in [0.15, 0.2) is 0 Å². The number of hydrogen-bond donors (Lipinski definition) is 0. The van der Waals surface area contributed by atoms with Crippen LogP contribution in [0.15, 0.2) is 24.3 Å². The van der Waals surface area contributed by atoms with Gasteiger partial charge in [0, 0.05) is 50.3 Å². The molecule has 0 radical (unpaired) electrons. The Morgan fingerprint density at radius 2 is 0.972 bits per heavy atom. The van der Waals surface area contributed by atoms with Crippen LogP contribution in [-0.2, 0) is 47.6 Å². The lowest BCUT2D eigenvalue weighted by molar-refractivity contribution is -0.144. The van der Waals surface area contributed by atoms with E-state index in [4.69, 9.17) is 28.4 Å². The monoisotopic (exact) mass is 515 g/mol. The molecule has 0 saturated heterocycles. The summed E-state index contributed by atoms with van der Waals surface area (Å²) in [5, 5.41) is 0.